The van der Waals surface area contributed by atoms with Gasteiger partial charge >= 0.3 is 0 Å². The van der Waals surface area contributed by atoms with Crippen molar-refractivity contribution >= 4 is 33.2 Å². The quantitative estimate of drug-likeness (QED) is 0.833. The van der Waals surface area contributed by atoms with Crippen molar-refractivity contribution in [1.29, 1.82) is 0 Å². The highest BCUT2D eigenvalue weighted by Crippen LogP contribution is 2.37. The van der Waals surface area contributed by atoms with Crippen molar-refractivity contribution in [3.8, 4) is 5.75 Å². The second-order valence-electron chi connectivity index (χ2n) is 7.12. The number of benzene rings is 1. The van der Waals surface area contributed by atoms with Crippen molar-refractivity contribution in [3.05, 3.63) is 22.2 Å². The second-order valence-corrected chi connectivity index (χ2v) is 9.53. The van der Waals surface area contributed by atoms with Gasteiger partial charge in [-0.25, -0.2) is 13.1 Å². The van der Waals surface area contributed by atoms with E-state index in [9.17, 15) is 8.42 Å². The molecule has 4 nitrogen and oxygen atoms in total. The maximum Gasteiger partial charge on any atom is 0.242 e. The molecule has 22 heavy (non-hydrogen) atoms. The fraction of sp³-hybridized carbons (Fsp3) is 0.600. The van der Waals surface area contributed by atoms with Crippen LogP contribution in [0.5, 0.6) is 5.75 Å². The molecule has 0 spiro atoms. The van der Waals surface area contributed by atoms with Crippen molar-refractivity contribution in [2.75, 3.05) is 7.11 Å². The predicted molar refractivity (Wildman–Crippen MR) is 91.5 cm³/mol. The van der Waals surface area contributed by atoms with Gasteiger partial charge in [0.2, 0.25) is 10.0 Å². The summed E-state index contributed by atoms with van der Waals surface area (Å²) in [7, 11) is -2.35. The van der Waals surface area contributed by atoms with Crippen molar-refractivity contribution in [3.63, 3.8) is 0 Å². The molecule has 0 aliphatic heterocycles. The van der Waals surface area contributed by atoms with Crippen LogP contribution in [0.15, 0.2) is 17.0 Å². The van der Waals surface area contributed by atoms with E-state index in [4.69, 9.17) is 27.9 Å². The molecule has 0 amide bonds. The van der Waals surface area contributed by atoms with Gasteiger partial charge in [-0.1, -0.05) is 44.0 Å². The minimum atomic E-state index is -3.79. The number of halogens is 2. The maximum atomic E-state index is 12.6. The summed E-state index contributed by atoms with van der Waals surface area (Å²) >= 11 is 12.1. The van der Waals surface area contributed by atoms with Crippen LogP contribution in [0.3, 0.4) is 0 Å². The van der Waals surface area contributed by atoms with E-state index in [-0.39, 0.29) is 20.4 Å². The first kappa shape index (κ1) is 19.6. The number of rotatable bonds is 5. The number of sulfonamides is 1. The fourth-order valence-corrected chi connectivity index (χ4v) is 4.91. The van der Waals surface area contributed by atoms with Crippen molar-refractivity contribution in [2.45, 2.75) is 51.5 Å². The Bertz CT molecular complexity index is 649. The SMILES string of the molecule is COc1ccc(S(=O)(=O)NC(C)(C)CC(C)(C)C)c(Cl)c1Cl. The average Bonchev–Trinajstić information content (AvgIpc) is 2.27. The molecular formula is C15H23Cl2NO3S. The molecule has 1 aromatic rings. The molecule has 0 bridgehead atoms. The molecule has 126 valence electrons. The van der Waals surface area contributed by atoms with Crippen molar-refractivity contribution in [2.24, 2.45) is 5.41 Å². The number of nitrogens with one attached hydrogen (secondary N) is 1. The van der Waals surface area contributed by atoms with E-state index in [0.29, 0.717) is 12.2 Å². The zero-order valence-corrected chi connectivity index (χ0v) is 16.1. The summed E-state index contributed by atoms with van der Waals surface area (Å²) in [5.41, 5.74) is -0.639. The molecule has 1 aromatic carbocycles. The van der Waals surface area contributed by atoms with Gasteiger partial charge in [-0.05, 0) is 37.8 Å². The van der Waals surface area contributed by atoms with Crippen LogP contribution >= 0.6 is 23.2 Å². The molecule has 0 atom stereocenters. The van der Waals surface area contributed by atoms with Crippen LogP contribution in [-0.2, 0) is 10.0 Å². The Kier molecular flexibility index (Phi) is 5.83. The van der Waals surface area contributed by atoms with E-state index in [2.05, 4.69) is 25.5 Å². The number of hydrogen-bond donors (Lipinski definition) is 1. The highest BCUT2D eigenvalue weighted by atomic mass is 35.5. The summed E-state index contributed by atoms with van der Waals surface area (Å²) in [6.07, 6.45) is 0.667. The van der Waals surface area contributed by atoms with Gasteiger partial charge in [-0.15, -0.1) is 0 Å². The lowest BCUT2D eigenvalue weighted by molar-refractivity contribution is 0.269. The van der Waals surface area contributed by atoms with Crippen LogP contribution in [0.25, 0.3) is 0 Å². The standard InChI is InChI=1S/C15H23Cl2NO3S/c1-14(2,3)9-15(4,5)18-22(19,20)11-8-7-10(21-6)12(16)13(11)17/h7-8,18H,9H2,1-6H3. The highest BCUT2D eigenvalue weighted by Gasteiger charge is 2.32. The summed E-state index contributed by atoms with van der Waals surface area (Å²) in [4.78, 5) is -0.0537. The summed E-state index contributed by atoms with van der Waals surface area (Å²) in [5.74, 6) is 0.333. The molecule has 1 rings (SSSR count). The van der Waals surface area contributed by atoms with Gasteiger partial charge < -0.3 is 4.74 Å². The van der Waals surface area contributed by atoms with E-state index < -0.39 is 15.6 Å². The van der Waals surface area contributed by atoms with Crippen LogP contribution < -0.4 is 9.46 Å². The molecule has 0 saturated heterocycles. The minimum absolute atomic E-state index is 0.0205. The fourth-order valence-electron chi connectivity index (χ4n) is 2.66. The first-order valence-electron chi connectivity index (χ1n) is 6.85. The summed E-state index contributed by atoms with van der Waals surface area (Å²) in [6.45, 7) is 9.85. The van der Waals surface area contributed by atoms with Gasteiger partial charge in [0.15, 0.2) is 0 Å². The molecule has 7 heteroatoms. The lowest BCUT2D eigenvalue weighted by Crippen LogP contribution is -2.45. The first-order valence-corrected chi connectivity index (χ1v) is 9.09. The number of hydrogen-bond acceptors (Lipinski definition) is 3. The molecule has 0 radical (unpaired) electrons. The third-order valence-electron chi connectivity index (χ3n) is 2.90. The Morgan fingerprint density at radius 1 is 1.09 bits per heavy atom. The summed E-state index contributed by atoms with van der Waals surface area (Å²) in [5, 5.41) is 0.0424. The lowest BCUT2D eigenvalue weighted by Gasteiger charge is -2.33. The molecular weight excluding hydrogens is 345 g/mol. The normalized spacial score (nSPS) is 13.3. The molecule has 0 fully saturated rings. The molecule has 0 aromatic heterocycles. The van der Waals surface area contributed by atoms with Gasteiger partial charge in [0.25, 0.3) is 0 Å². The highest BCUT2D eigenvalue weighted by molar-refractivity contribution is 7.89. The van der Waals surface area contributed by atoms with Crippen LogP contribution in [0.2, 0.25) is 10.0 Å². The monoisotopic (exact) mass is 367 g/mol. The van der Waals surface area contributed by atoms with Gasteiger partial charge in [0, 0.05) is 5.54 Å². The molecule has 0 unspecified atom stereocenters. The Morgan fingerprint density at radius 3 is 2.09 bits per heavy atom. The predicted octanol–water partition coefficient (Wildman–Crippen LogP) is 4.50. The van der Waals surface area contributed by atoms with Crippen LogP contribution in [-0.4, -0.2) is 21.1 Å². The van der Waals surface area contributed by atoms with Gasteiger partial charge in [0.05, 0.1) is 12.1 Å². The topological polar surface area (TPSA) is 55.4 Å². The minimum Gasteiger partial charge on any atom is -0.495 e. The molecule has 0 heterocycles. The van der Waals surface area contributed by atoms with Gasteiger partial charge in [0.1, 0.15) is 15.7 Å². The largest absolute Gasteiger partial charge is 0.495 e. The lowest BCUT2D eigenvalue weighted by atomic mass is 9.82. The third-order valence-corrected chi connectivity index (χ3v) is 5.62. The maximum absolute atomic E-state index is 12.6. The average molecular weight is 368 g/mol. The Hall–Kier alpha value is -0.490. The van der Waals surface area contributed by atoms with E-state index in [0.717, 1.165) is 0 Å². The van der Waals surface area contributed by atoms with E-state index in [1.165, 1.54) is 19.2 Å². The number of methoxy groups -OCH3 is 1. The van der Waals surface area contributed by atoms with Crippen LogP contribution in [0.4, 0.5) is 0 Å². The Labute approximate surface area is 143 Å². The second kappa shape index (κ2) is 6.56. The van der Waals surface area contributed by atoms with Crippen molar-refractivity contribution < 1.29 is 13.2 Å². The van der Waals surface area contributed by atoms with E-state index >= 15 is 0 Å². The summed E-state index contributed by atoms with van der Waals surface area (Å²) < 4.78 is 33.0. The molecule has 1 N–H and O–H groups in total. The molecule has 0 aliphatic rings. The smallest absolute Gasteiger partial charge is 0.242 e. The van der Waals surface area contributed by atoms with Gasteiger partial charge in [-0.2, -0.15) is 0 Å². The van der Waals surface area contributed by atoms with E-state index in [1.807, 2.05) is 13.8 Å². The zero-order chi connectivity index (χ0) is 17.3. The van der Waals surface area contributed by atoms with Gasteiger partial charge in [-0.3, -0.25) is 0 Å². The summed E-state index contributed by atoms with van der Waals surface area (Å²) in [6, 6.07) is 2.88. The third kappa shape index (κ3) is 5.01. The molecule has 0 saturated carbocycles. The van der Waals surface area contributed by atoms with E-state index in [1.54, 1.807) is 0 Å². The zero-order valence-electron chi connectivity index (χ0n) is 13.8. The Morgan fingerprint density at radius 2 is 1.64 bits per heavy atom. The van der Waals surface area contributed by atoms with Crippen LogP contribution in [0.1, 0.15) is 41.0 Å². The number of ether oxygens (including phenoxy) is 1. The Balaban J connectivity index is 3.18. The molecule has 0 aliphatic carbocycles. The van der Waals surface area contributed by atoms with Crippen LogP contribution in [0, 0.1) is 5.41 Å². The van der Waals surface area contributed by atoms with Crippen molar-refractivity contribution in [1.82, 2.24) is 4.72 Å². The first-order chi connectivity index (χ1) is 9.79.